The van der Waals surface area contributed by atoms with Gasteiger partial charge in [0.05, 0.1) is 12.1 Å². The van der Waals surface area contributed by atoms with E-state index in [4.69, 9.17) is 10.8 Å². The minimum absolute atomic E-state index is 0.0348. The molecule has 0 saturated heterocycles. The fourth-order valence-corrected chi connectivity index (χ4v) is 3.68. The summed E-state index contributed by atoms with van der Waals surface area (Å²) >= 11 is 2.68. The summed E-state index contributed by atoms with van der Waals surface area (Å²) in [6.07, 6.45) is 1.47. The van der Waals surface area contributed by atoms with Gasteiger partial charge >= 0.3 is 5.97 Å². The third-order valence-electron chi connectivity index (χ3n) is 2.37. The quantitative estimate of drug-likeness (QED) is 0.871. The van der Waals surface area contributed by atoms with E-state index in [0.717, 1.165) is 14.1 Å². The second-order valence-electron chi connectivity index (χ2n) is 3.90. The van der Waals surface area contributed by atoms with Crippen LogP contribution in [0.4, 0.5) is 0 Å². The minimum Gasteiger partial charge on any atom is -0.481 e. The Morgan fingerprint density at radius 3 is 2.90 bits per heavy atom. The molecule has 104 valence electrons. The van der Waals surface area contributed by atoms with Crippen molar-refractivity contribution in [1.82, 2.24) is 9.97 Å². The molecule has 2 aromatic rings. The van der Waals surface area contributed by atoms with Gasteiger partial charge < -0.3 is 10.8 Å². The molecule has 0 aliphatic heterocycles. The lowest BCUT2D eigenvalue weighted by atomic mass is 10.3. The molecule has 0 aliphatic carbocycles. The number of carboxylic acids is 1. The number of hydrogen-bond acceptors (Lipinski definition) is 6. The fourth-order valence-electron chi connectivity index (χ4n) is 1.46. The Labute approximate surface area is 123 Å². The Morgan fingerprint density at radius 1 is 1.50 bits per heavy atom. The molecular weight excluding hydrogens is 298 g/mol. The Morgan fingerprint density at radius 2 is 2.25 bits per heavy atom. The number of primary amides is 1. The molecular formula is C12H11N3O3S2. The molecule has 0 saturated carbocycles. The maximum absolute atomic E-state index is 11.1. The molecule has 2 heterocycles. The highest BCUT2D eigenvalue weighted by molar-refractivity contribution is 8.01. The van der Waals surface area contributed by atoms with Gasteiger partial charge in [-0.3, -0.25) is 14.6 Å². The second-order valence-corrected chi connectivity index (χ2v) is 6.31. The zero-order valence-electron chi connectivity index (χ0n) is 10.5. The maximum atomic E-state index is 11.1. The molecule has 0 bridgehead atoms. The molecule has 0 unspecified atom stereocenters. The molecule has 0 spiro atoms. The lowest BCUT2D eigenvalue weighted by Gasteiger charge is -1.99. The number of thiazole rings is 1. The number of nitrogens with two attached hydrogens (primary N) is 1. The van der Waals surface area contributed by atoms with Crippen LogP contribution in [-0.4, -0.2) is 27.0 Å². The van der Waals surface area contributed by atoms with Crippen LogP contribution in [-0.2, 0) is 11.2 Å². The van der Waals surface area contributed by atoms with Crippen molar-refractivity contribution in [3.05, 3.63) is 34.6 Å². The van der Waals surface area contributed by atoms with Crippen molar-refractivity contribution in [3.63, 3.8) is 0 Å². The Kier molecular flexibility index (Phi) is 4.35. The van der Waals surface area contributed by atoms with Crippen molar-refractivity contribution in [1.29, 1.82) is 0 Å². The summed E-state index contributed by atoms with van der Waals surface area (Å²) < 4.78 is 0.723. The monoisotopic (exact) mass is 309 g/mol. The number of nitrogens with zero attached hydrogens (tertiary/aromatic N) is 2. The summed E-state index contributed by atoms with van der Waals surface area (Å²) in [6.45, 7) is 1.78. The van der Waals surface area contributed by atoms with Crippen LogP contribution in [0.5, 0.6) is 0 Å². The third kappa shape index (κ3) is 3.55. The Balaban J connectivity index is 2.20. The van der Waals surface area contributed by atoms with Gasteiger partial charge in [-0.15, -0.1) is 11.3 Å². The average Bonchev–Trinajstić information content (AvgIpc) is 2.69. The van der Waals surface area contributed by atoms with Gasteiger partial charge in [0.25, 0.3) is 5.91 Å². The number of aliphatic carboxylic acids is 1. The number of carboxylic acid groups (broad SMARTS) is 1. The lowest BCUT2D eigenvalue weighted by Crippen LogP contribution is -2.12. The first-order valence-corrected chi connectivity index (χ1v) is 7.21. The van der Waals surface area contributed by atoms with Crippen molar-refractivity contribution >= 4 is 35.0 Å². The molecule has 1 amide bonds. The highest BCUT2D eigenvalue weighted by Crippen LogP contribution is 2.33. The van der Waals surface area contributed by atoms with Crippen molar-refractivity contribution in [2.24, 2.45) is 5.73 Å². The number of carbonyl (C=O) groups excluding carboxylic acids is 1. The molecule has 0 fully saturated rings. The summed E-state index contributed by atoms with van der Waals surface area (Å²) in [5, 5.41) is 8.80. The number of rotatable bonds is 5. The van der Waals surface area contributed by atoms with Crippen molar-refractivity contribution < 1.29 is 14.7 Å². The van der Waals surface area contributed by atoms with Crippen molar-refractivity contribution in [2.75, 3.05) is 0 Å². The van der Waals surface area contributed by atoms with E-state index in [1.54, 1.807) is 19.1 Å². The van der Waals surface area contributed by atoms with E-state index >= 15 is 0 Å². The largest absolute Gasteiger partial charge is 0.481 e. The summed E-state index contributed by atoms with van der Waals surface area (Å²) in [5.74, 6) is -1.47. The summed E-state index contributed by atoms with van der Waals surface area (Å²) in [6, 6.07) is 3.32. The van der Waals surface area contributed by atoms with E-state index in [-0.39, 0.29) is 12.1 Å². The van der Waals surface area contributed by atoms with E-state index in [1.807, 2.05) is 0 Å². The van der Waals surface area contributed by atoms with E-state index in [9.17, 15) is 9.59 Å². The summed E-state index contributed by atoms with van der Waals surface area (Å²) in [7, 11) is 0. The number of aryl methyl sites for hydroxylation is 1. The average molecular weight is 309 g/mol. The van der Waals surface area contributed by atoms with Crippen molar-refractivity contribution in [2.45, 2.75) is 22.6 Å². The number of hydrogen-bond donors (Lipinski definition) is 2. The smallest absolute Gasteiger partial charge is 0.308 e. The van der Waals surface area contributed by atoms with Gasteiger partial charge in [0.15, 0.2) is 4.34 Å². The number of carbonyl (C=O) groups is 2. The fraction of sp³-hybridized carbons (Fsp3) is 0.167. The highest BCUT2D eigenvalue weighted by Gasteiger charge is 2.12. The first-order chi connectivity index (χ1) is 9.45. The standard InChI is InChI=1S/C12H11N3O3S2/c1-6-9(5-10(16)17)20-12(15-6)19-7-2-3-14-8(4-7)11(13)18/h2-4H,5H2,1H3,(H2,13,18)(H,16,17). The Bertz CT molecular complexity index is 670. The molecule has 3 N–H and O–H groups in total. The molecule has 0 aromatic carbocycles. The molecule has 20 heavy (non-hydrogen) atoms. The van der Waals surface area contributed by atoms with E-state index in [0.29, 0.717) is 5.69 Å². The van der Waals surface area contributed by atoms with Crippen LogP contribution >= 0.6 is 23.1 Å². The van der Waals surface area contributed by atoms with Gasteiger partial charge in [-0.05, 0) is 19.1 Å². The van der Waals surface area contributed by atoms with Crippen LogP contribution in [0.1, 0.15) is 21.1 Å². The zero-order chi connectivity index (χ0) is 14.7. The first kappa shape index (κ1) is 14.5. The van der Waals surface area contributed by atoms with Crippen LogP contribution in [0.25, 0.3) is 0 Å². The molecule has 0 aliphatic rings. The van der Waals surface area contributed by atoms with Crippen LogP contribution in [0, 0.1) is 6.92 Å². The van der Waals surface area contributed by atoms with E-state index < -0.39 is 11.9 Å². The van der Waals surface area contributed by atoms with E-state index in [2.05, 4.69) is 9.97 Å². The molecule has 6 nitrogen and oxygen atoms in total. The van der Waals surface area contributed by atoms with Crippen LogP contribution in [0.2, 0.25) is 0 Å². The lowest BCUT2D eigenvalue weighted by molar-refractivity contribution is -0.136. The van der Waals surface area contributed by atoms with Crippen molar-refractivity contribution in [3.8, 4) is 0 Å². The van der Waals surface area contributed by atoms with Gasteiger partial charge in [0.1, 0.15) is 5.69 Å². The SMILES string of the molecule is Cc1nc(Sc2ccnc(C(N)=O)c2)sc1CC(=O)O. The van der Waals surface area contributed by atoms with Crippen LogP contribution < -0.4 is 5.73 Å². The highest BCUT2D eigenvalue weighted by atomic mass is 32.2. The summed E-state index contributed by atoms with van der Waals surface area (Å²) in [5.41, 5.74) is 6.07. The first-order valence-electron chi connectivity index (χ1n) is 5.57. The van der Waals surface area contributed by atoms with Gasteiger partial charge in [0, 0.05) is 16.0 Å². The number of aromatic nitrogens is 2. The van der Waals surface area contributed by atoms with Gasteiger partial charge in [-0.2, -0.15) is 0 Å². The topological polar surface area (TPSA) is 106 Å². The van der Waals surface area contributed by atoms with Gasteiger partial charge in [-0.1, -0.05) is 11.8 Å². The molecule has 8 heteroatoms. The molecule has 2 rings (SSSR count). The van der Waals surface area contributed by atoms with Crippen LogP contribution in [0.15, 0.2) is 27.6 Å². The van der Waals surface area contributed by atoms with Crippen LogP contribution in [0.3, 0.4) is 0 Å². The second kappa shape index (κ2) is 6.02. The normalized spacial score (nSPS) is 10.4. The maximum Gasteiger partial charge on any atom is 0.308 e. The number of amides is 1. The zero-order valence-corrected chi connectivity index (χ0v) is 12.1. The van der Waals surface area contributed by atoms with E-state index in [1.165, 1.54) is 29.3 Å². The summed E-state index contributed by atoms with van der Waals surface area (Å²) in [4.78, 5) is 31.5. The molecule has 0 radical (unpaired) electrons. The molecule has 0 atom stereocenters. The van der Waals surface area contributed by atoms with Gasteiger partial charge in [-0.25, -0.2) is 4.98 Å². The molecule has 2 aromatic heterocycles. The predicted molar refractivity (Wildman–Crippen MR) is 75.1 cm³/mol. The predicted octanol–water partition coefficient (Wildman–Crippen LogP) is 1.72. The minimum atomic E-state index is -0.881. The Hall–Kier alpha value is -1.93. The number of pyridine rings is 1. The third-order valence-corrected chi connectivity index (χ3v) is 4.58. The van der Waals surface area contributed by atoms with Gasteiger partial charge in [0.2, 0.25) is 0 Å².